The maximum absolute atomic E-state index is 12.5. The van der Waals surface area contributed by atoms with Gasteiger partial charge in [0.1, 0.15) is 0 Å². The predicted molar refractivity (Wildman–Crippen MR) is 74.1 cm³/mol. The van der Waals surface area contributed by atoms with Crippen molar-refractivity contribution in [3.05, 3.63) is 65.0 Å². The van der Waals surface area contributed by atoms with E-state index in [4.69, 9.17) is 0 Å². The number of halogens is 6. The summed E-state index contributed by atoms with van der Waals surface area (Å²) in [5.74, 6) is 0. The van der Waals surface area contributed by atoms with Gasteiger partial charge in [0.15, 0.2) is 0 Å². The van der Waals surface area contributed by atoms with E-state index in [0.29, 0.717) is 0 Å². The summed E-state index contributed by atoms with van der Waals surface area (Å²) in [6.45, 7) is 0. The number of rotatable bonds is 3. The van der Waals surface area contributed by atoms with E-state index in [2.05, 4.69) is 10.3 Å². The van der Waals surface area contributed by atoms with E-state index >= 15 is 0 Å². The normalized spacial score (nSPS) is 12.6. The smallest absolute Gasteiger partial charge is 0.416 e. The monoisotopic (exact) mass is 331 g/mol. The van der Waals surface area contributed by atoms with Crippen LogP contribution < -0.4 is 0 Å². The number of aliphatic imine (C=N–C) groups is 1. The van der Waals surface area contributed by atoms with Gasteiger partial charge in [-0.3, -0.25) is 0 Å². The van der Waals surface area contributed by atoms with E-state index in [1.54, 1.807) is 0 Å². The van der Waals surface area contributed by atoms with E-state index in [-0.39, 0.29) is 11.4 Å². The highest BCUT2D eigenvalue weighted by molar-refractivity contribution is 5.84. The molecule has 0 aliphatic carbocycles. The minimum Gasteiger partial charge on any atom is -0.443 e. The van der Waals surface area contributed by atoms with Crippen LogP contribution in [0, 0.1) is 0 Å². The van der Waals surface area contributed by atoms with E-state index in [0.717, 1.165) is 30.6 Å². The van der Waals surface area contributed by atoms with Crippen LogP contribution in [-0.2, 0) is 12.4 Å². The fourth-order valence-electron chi connectivity index (χ4n) is 1.69. The van der Waals surface area contributed by atoms with Crippen LogP contribution in [0.2, 0.25) is 0 Å². The van der Waals surface area contributed by atoms with Crippen LogP contribution in [0.5, 0.6) is 0 Å². The molecule has 0 bridgehead atoms. The van der Waals surface area contributed by atoms with Gasteiger partial charge in [-0.15, -0.1) is 0 Å². The standard InChI is InChI=1S/C15H9F6N2/c16-14(17,18)10-3-1-5-12(7-10)22-9-23-13-6-2-4-11(8-13)15(19,20)21/h1-9H/q-1. The second-order valence-electron chi connectivity index (χ2n) is 4.47. The number of nitrogens with zero attached hydrogens (tertiary/aromatic N) is 2. The summed E-state index contributed by atoms with van der Waals surface area (Å²) in [5, 5.41) is 3.69. The van der Waals surface area contributed by atoms with Crippen LogP contribution in [0.15, 0.2) is 53.5 Å². The lowest BCUT2D eigenvalue weighted by atomic mass is 10.2. The van der Waals surface area contributed by atoms with Gasteiger partial charge in [-0.2, -0.15) is 26.3 Å². The van der Waals surface area contributed by atoms with Gasteiger partial charge in [-0.05, 0) is 23.5 Å². The molecular formula is C15H9F6N2-. The maximum atomic E-state index is 12.5. The van der Waals surface area contributed by atoms with E-state index in [1.165, 1.54) is 24.3 Å². The van der Waals surface area contributed by atoms with Gasteiger partial charge in [0.25, 0.3) is 0 Å². The highest BCUT2D eigenvalue weighted by Crippen LogP contribution is 2.33. The molecule has 2 aromatic carbocycles. The van der Waals surface area contributed by atoms with Crippen molar-refractivity contribution in [2.24, 2.45) is 4.99 Å². The Morgan fingerprint density at radius 3 is 1.96 bits per heavy atom. The van der Waals surface area contributed by atoms with Crippen molar-refractivity contribution in [1.29, 1.82) is 0 Å². The quantitative estimate of drug-likeness (QED) is 0.370. The van der Waals surface area contributed by atoms with Crippen molar-refractivity contribution in [2.45, 2.75) is 12.4 Å². The first kappa shape index (κ1) is 16.9. The third-order valence-corrected chi connectivity index (χ3v) is 2.76. The van der Waals surface area contributed by atoms with Crippen molar-refractivity contribution in [3.63, 3.8) is 0 Å². The van der Waals surface area contributed by atoms with Gasteiger partial charge in [-0.1, -0.05) is 42.7 Å². The molecule has 0 aliphatic heterocycles. The molecule has 2 aromatic rings. The average Bonchev–Trinajstić information content (AvgIpc) is 2.46. The van der Waals surface area contributed by atoms with E-state index in [9.17, 15) is 26.3 Å². The zero-order valence-electron chi connectivity index (χ0n) is 11.4. The molecule has 0 aliphatic rings. The second-order valence-corrected chi connectivity index (χ2v) is 4.47. The Labute approximate surface area is 127 Å². The zero-order valence-corrected chi connectivity index (χ0v) is 11.4. The molecule has 2 rings (SSSR count). The molecule has 0 fully saturated rings. The fourth-order valence-corrected chi connectivity index (χ4v) is 1.69. The number of hydrogen-bond acceptors (Lipinski definition) is 1. The average molecular weight is 331 g/mol. The number of hydrogen-bond donors (Lipinski definition) is 0. The van der Waals surface area contributed by atoms with Gasteiger partial charge >= 0.3 is 12.4 Å². The van der Waals surface area contributed by atoms with Crippen molar-refractivity contribution >= 4 is 17.7 Å². The van der Waals surface area contributed by atoms with Crippen LogP contribution in [0.3, 0.4) is 0 Å². The lowest BCUT2D eigenvalue weighted by Gasteiger charge is -2.13. The molecular weight excluding hydrogens is 322 g/mol. The van der Waals surface area contributed by atoms with E-state index < -0.39 is 23.5 Å². The second kappa shape index (κ2) is 6.31. The molecule has 0 saturated carbocycles. The van der Waals surface area contributed by atoms with Gasteiger partial charge < -0.3 is 10.3 Å². The maximum Gasteiger partial charge on any atom is 0.416 e. The molecule has 0 radical (unpaired) electrons. The molecule has 0 N–H and O–H groups in total. The van der Waals surface area contributed by atoms with Gasteiger partial charge in [0.05, 0.1) is 11.1 Å². The predicted octanol–water partition coefficient (Wildman–Crippen LogP) is 6.09. The summed E-state index contributed by atoms with van der Waals surface area (Å²) < 4.78 is 75.2. The molecule has 0 atom stereocenters. The van der Waals surface area contributed by atoms with Crippen molar-refractivity contribution < 1.29 is 26.3 Å². The van der Waals surface area contributed by atoms with Crippen LogP contribution in [0.25, 0.3) is 5.32 Å². The third kappa shape index (κ3) is 4.73. The molecule has 0 heterocycles. The lowest BCUT2D eigenvalue weighted by molar-refractivity contribution is -0.138. The molecule has 0 saturated heterocycles. The van der Waals surface area contributed by atoms with Crippen LogP contribution in [0.1, 0.15) is 11.1 Å². The van der Waals surface area contributed by atoms with Crippen LogP contribution in [-0.4, -0.2) is 6.34 Å². The summed E-state index contributed by atoms with van der Waals surface area (Å²) in [6.07, 6.45) is -8.08. The summed E-state index contributed by atoms with van der Waals surface area (Å²) >= 11 is 0. The molecule has 0 unspecified atom stereocenters. The summed E-state index contributed by atoms with van der Waals surface area (Å²) in [4.78, 5) is 3.69. The third-order valence-electron chi connectivity index (χ3n) is 2.76. The van der Waals surface area contributed by atoms with Crippen LogP contribution in [0.4, 0.5) is 37.7 Å². The first-order valence-corrected chi connectivity index (χ1v) is 6.24. The van der Waals surface area contributed by atoms with Crippen molar-refractivity contribution in [2.75, 3.05) is 0 Å². The Bertz CT molecular complexity index is 704. The van der Waals surface area contributed by atoms with Gasteiger partial charge in [0.2, 0.25) is 0 Å². The highest BCUT2D eigenvalue weighted by Gasteiger charge is 2.30. The van der Waals surface area contributed by atoms with Crippen molar-refractivity contribution in [1.82, 2.24) is 0 Å². The van der Waals surface area contributed by atoms with Crippen molar-refractivity contribution in [3.8, 4) is 0 Å². The Morgan fingerprint density at radius 2 is 1.35 bits per heavy atom. The number of alkyl halides is 6. The molecule has 0 spiro atoms. The molecule has 0 aromatic heterocycles. The largest absolute Gasteiger partial charge is 0.443 e. The first-order chi connectivity index (χ1) is 10.7. The first-order valence-electron chi connectivity index (χ1n) is 6.24. The molecule has 8 heteroatoms. The van der Waals surface area contributed by atoms with E-state index in [1.807, 2.05) is 0 Å². The Kier molecular flexibility index (Phi) is 4.63. The van der Waals surface area contributed by atoms with Crippen LogP contribution >= 0.6 is 0 Å². The molecule has 2 nitrogen and oxygen atoms in total. The topological polar surface area (TPSA) is 26.5 Å². The zero-order chi connectivity index (χ0) is 17.1. The molecule has 23 heavy (non-hydrogen) atoms. The summed E-state index contributed by atoms with van der Waals surface area (Å²) in [7, 11) is 0. The minimum atomic E-state index is -4.50. The Balaban J connectivity index is 2.11. The highest BCUT2D eigenvalue weighted by atomic mass is 19.4. The molecule has 0 amide bonds. The minimum absolute atomic E-state index is 0.00412. The Morgan fingerprint density at radius 1 is 0.783 bits per heavy atom. The Hall–Kier alpha value is -2.51. The van der Waals surface area contributed by atoms with Gasteiger partial charge in [0, 0.05) is 0 Å². The lowest BCUT2D eigenvalue weighted by Crippen LogP contribution is -2.04. The number of benzene rings is 2. The molecule has 122 valence electrons. The SMILES string of the molecule is FC(F)(F)c1cccc(N=C[N-]c2cccc(C(F)(F)F)c2)c1. The fraction of sp³-hybridized carbons (Fsp3) is 0.133. The summed E-state index contributed by atoms with van der Waals surface area (Å²) in [6, 6.07) is 8.43. The van der Waals surface area contributed by atoms with Gasteiger partial charge in [-0.25, -0.2) is 0 Å². The summed E-state index contributed by atoms with van der Waals surface area (Å²) in [5.41, 5.74) is -1.75.